The molecule has 0 aromatic carbocycles. The predicted octanol–water partition coefficient (Wildman–Crippen LogP) is 3.46. The highest BCUT2D eigenvalue weighted by Crippen LogP contribution is 2.31. The molecule has 2 atom stereocenters. The highest BCUT2D eigenvalue weighted by atomic mass is 35.5. The molecule has 2 unspecified atom stereocenters. The lowest BCUT2D eigenvalue weighted by molar-refractivity contribution is -0.154. The highest BCUT2D eigenvalue weighted by molar-refractivity contribution is 6.32. The van der Waals surface area contributed by atoms with Crippen LogP contribution in [-0.2, 0) is 4.74 Å². The van der Waals surface area contributed by atoms with Gasteiger partial charge in [0.2, 0.25) is 5.88 Å². The van der Waals surface area contributed by atoms with Crippen molar-refractivity contribution in [3.05, 3.63) is 22.8 Å². The summed E-state index contributed by atoms with van der Waals surface area (Å²) in [4.78, 5) is 18.3. The van der Waals surface area contributed by atoms with Crippen LogP contribution in [0.1, 0.15) is 36.0 Å². The zero-order chi connectivity index (χ0) is 18.0. The van der Waals surface area contributed by atoms with Crippen molar-refractivity contribution in [1.82, 2.24) is 9.88 Å². The number of fused-ring (bicyclic) bond motifs is 1. The minimum Gasteiger partial charge on any atom is -0.467 e. The molecule has 0 bridgehead atoms. The molecule has 5 nitrogen and oxygen atoms in total. The van der Waals surface area contributed by atoms with Crippen LogP contribution in [0, 0.1) is 0 Å². The van der Waals surface area contributed by atoms with Crippen LogP contribution in [0.3, 0.4) is 0 Å². The van der Waals surface area contributed by atoms with Crippen LogP contribution < -0.4 is 4.74 Å². The number of alkyl halides is 3. The van der Waals surface area contributed by atoms with Gasteiger partial charge in [0.1, 0.15) is 5.02 Å². The van der Waals surface area contributed by atoms with Crippen LogP contribution in [0.15, 0.2) is 12.3 Å². The SMILES string of the molecule is O=C(c1cnc(OCC(F)(F)F)c(Cl)c1)N1CCOC2CCCCC21. The van der Waals surface area contributed by atoms with Crippen molar-refractivity contribution in [1.29, 1.82) is 0 Å². The molecule has 1 aliphatic carbocycles. The number of amides is 1. The van der Waals surface area contributed by atoms with Gasteiger partial charge in [0.15, 0.2) is 6.61 Å². The van der Waals surface area contributed by atoms with E-state index in [4.69, 9.17) is 16.3 Å². The lowest BCUT2D eigenvalue weighted by atomic mass is 9.90. The van der Waals surface area contributed by atoms with E-state index in [1.165, 1.54) is 12.3 Å². The maximum absolute atomic E-state index is 12.8. The minimum absolute atomic E-state index is 0.0231. The van der Waals surface area contributed by atoms with Crippen molar-refractivity contribution in [2.45, 2.75) is 44.0 Å². The zero-order valence-electron chi connectivity index (χ0n) is 13.4. The monoisotopic (exact) mass is 378 g/mol. The molecule has 1 saturated carbocycles. The number of halogens is 4. The number of hydrogen-bond donors (Lipinski definition) is 0. The average molecular weight is 379 g/mol. The molecular formula is C16H18ClF3N2O3. The van der Waals surface area contributed by atoms with Gasteiger partial charge in [-0.3, -0.25) is 4.79 Å². The van der Waals surface area contributed by atoms with Crippen molar-refractivity contribution in [3.8, 4) is 5.88 Å². The fraction of sp³-hybridized carbons (Fsp3) is 0.625. The van der Waals surface area contributed by atoms with E-state index >= 15 is 0 Å². The summed E-state index contributed by atoms with van der Waals surface area (Å²) in [6, 6.07) is 1.32. The molecule has 138 valence electrons. The molecule has 9 heteroatoms. The topological polar surface area (TPSA) is 51.7 Å². The molecule has 0 N–H and O–H groups in total. The normalized spacial score (nSPS) is 23.9. The molecule has 25 heavy (non-hydrogen) atoms. The predicted molar refractivity (Wildman–Crippen MR) is 83.8 cm³/mol. The third-order valence-electron chi connectivity index (χ3n) is 4.42. The van der Waals surface area contributed by atoms with E-state index in [1.54, 1.807) is 4.90 Å². The molecule has 0 spiro atoms. The molecule has 2 aliphatic rings. The second kappa shape index (κ2) is 7.37. The Bertz CT molecular complexity index is 640. The van der Waals surface area contributed by atoms with E-state index in [2.05, 4.69) is 9.72 Å². The maximum atomic E-state index is 12.8. The first kappa shape index (κ1) is 18.3. The van der Waals surface area contributed by atoms with Crippen LogP contribution in [0.25, 0.3) is 0 Å². The second-order valence-electron chi connectivity index (χ2n) is 6.17. The number of carbonyl (C=O) groups excluding carboxylic acids is 1. The Morgan fingerprint density at radius 2 is 2.16 bits per heavy atom. The van der Waals surface area contributed by atoms with Gasteiger partial charge >= 0.3 is 6.18 Å². The lowest BCUT2D eigenvalue weighted by Crippen LogP contribution is -2.54. The number of rotatable bonds is 3. The molecule has 1 aromatic rings. The Hall–Kier alpha value is -1.54. The summed E-state index contributed by atoms with van der Waals surface area (Å²) < 4.78 is 46.9. The first-order chi connectivity index (χ1) is 11.8. The van der Waals surface area contributed by atoms with Crippen LogP contribution in [-0.4, -0.2) is 53.9 Å². The van der Waals surface area contributed by atoms with Gasteiger partial charge in [0, 0.05) is 12.7 Å². The third kappa shape index (κ3) is 4.36. The van der Waals surface area contributed by atoms with E-state index in [0.29, 0.717) is 13.2 Å². The molecule has 3 rings (SSSR count). The van der Waals surface area contributed by atoms with Gasteiger partial charge in [-0.15, -0.1) is 0 Å². The summed E-state index contributed by atoms with van der Waals surface area (Å²) in [7, 11) is 0. The van der Waals surface area contributed by atoms with Crippen LogP contribution in [0.2, 0.25) is 5.02 Å². The summed E-state index contributed by atoms with van der Waals surface area (Å²) >= 11 is 5.93. The highest BCUT2D eigenvalue weighted by Gasteiger charge is 2.37. The summed E-state index contributed by atoms with van der Waals surface area (Å²) in [5, 5.41) is -0.122. The van der Waals surface area contributed by atoms with Crippen molar-refractivity contribution in [3.63, 3.8) is 0 Å². The van der Waals surface area contributed by atoms with Gasteiger partial charge in [-0.25, -0.2) is 4.98 Å². The Balaban J connectivity index is 1.72. The summed E-state index contributed by atoms with van der Waals surface area (Å²) in [6.45, 7) is -0.537. The largest absolute Gasteiger partial charge is 0.467 e. The molecular weight excluding hydrogens is 361 g/mol. The number of aromatic nitrogens is 1. The lowest BCUT2D eigenvalue weighted by Gasteiger charge is -2.43. The molecule has 1 aliphatic heterocycles. The van der Waals surface area contributed by atoms with Gasteiger partial charge in [-0.2, -0.15) is 13.2 Å². The Morgan fingerprint density at radius 1 is 1.40 bits per heavy atom. The molecule has 0 radical (unpaired) electrons. The van der Waals surface area contributed by atoms with Gasteiger partial charge in [-0.1, -0.05) is 24.4 Å². The Labute approximate surface area is 148 Å². The van der Waals surface area contributed by atoms with Crippen LogP contribution in [0.4, 0.5) is 13.2 Å². The van der Waals surface area contributed by atoms with Crippen molar-refractivity contribution in [2.24, 2.45) is 0 Å². The Morgan fingerprint density at radius 3 is 2.88 bits per heavy atom. The first-order valence-corrected chi connectivity index (χ1v) is 8.50. The minimum atomic E-state index is -4.48. The number of morpholine rings is 1. The molecule has 2 heterocycles. The number of ether oxygens (including phenoxy) is 2. The van der Waals surface area contributed by atoms with Crippen molar-refractivity contribution < 1.29 is 27.4 Å². The van der Waals surface area contributed by atoms with Crippen molar-refractivity contribution in [2.75, 3.05) is 19.8 Å². The molecule has 1 aromatic heterocycles. The number of carbonyl (C=O) groups is 1. The fourth-order valence-corrected chi connectivity index (χ4v) is 3.53. The van der Waals surface area contributed by atoms with Gasteiger partial charge in [0.25, 0.3) is 5.91 Å². The van der Waals surface area contributed by atoms with E-state index < -0.39 is 12.8 Å². The standard InChI is InChI=1S/C16H18ClF3N2O3/c17-11-7-10(8-21-14(11)25-9-16(18,19)20)15(23)22-5-6-24-13-4-2-1-3-12(13)22/h7-8,12-13H,1-6,9H2. The quantitative estimate of drug-likeness (QED) is 0.808. The van der Waals surface area contributed by atoms with E-state index in [0.717, 1.165) is 25.7 Å². The van der Waals surface area contributed by atoms with Crippen LogP contribution >= 0.6 is 11.6 Å². The molecule has 2 fully saturated rings. The second-order valence-corrected chi connectivity index (χ2v) is 6.58. The van der Waals surface area contributed by atoms with E-state index in [-0.39, 0.29) is 34.5 Å². The van der Waals surface area contributed by atoms with Crippen LogP contribution in [0.5, 0.6) is 5.88 Å². The smallest absolute Gasteiger partial charge is 0.422 e. The molecule has 1 saturated heterocycles. The maximum Gasteiger partial charge on any atom is 0.422 e. The number of pyridine rings is 1. The van der Waals surface area contributed by atoms with Crippen molar-refractivity contribution >= 4 is 17.5 Å². The molecule has 1 amide bonds. The van der Waals surface area contributed by atoms with Gasteiger partial charge in [0.05, 0.1) is 24.3 Å². The summed E-state index contributed by atoms with van der Waals surface area (Å²) in [6.07, 6.45) is 0.696. The zero-order valence-corrected chi connectivity index (χ0v) is 14.1. The van der Waals surface area contributed by atoms with Gasteiger partial charge < -0.3 is 14.4 Å². The average Bonchev–Trinajstić information content (AvgIpc) is 2.58. The number of nitrogens with zero attached hydrogens (tertiary/aromatic N) is 2. The first-order valence-electron chi connectivity index (χ1n) is 8.13. The number of hydrogen-bond acceptors (Lipinski definition) is 4. The van der Waals surface area contributed by atoms with Gasteiger partial charge in [-0.05, 0) is 18.9 Å². The van der Waals surface area contributed by atoms with E-state index in [1.807, 2.05) is 0 Å². The Kier molecular flexibility index (Phi) is 5.38. The third-order valence-corrected chi connectivity index (χ3v) is 4.69. The summed E-state index contributed by atoms with van der Waals surface area (Å²) in [5.41, 5.74) is 0.232. The summed E-state index contributed by atoms with van der Waals surface area (Å²) in [5.74, 6) is -0.579. The van der Waals surface area contributed by atoms with E-state index in [9.17, 15) is 18.0 Å². The fourth-order valence-electron chi connectivity index (χ4n) is 3.31.